The third-order valence-corrected chi connectivity index (χ3v) is 3.56. The van der Waals surface area contributed by atoms with Crippen LogP contribution in [0, 0.1) is 0 Å². The number of hydroxylamine groups is 2. The average Bonchev–Trinajstić information content (AvgIpc) is 3.13. The minimum atomic E-state index is -0.796. The zero-order valence-electron chi connectivity index (χ0n) is 11.7. The van der Waals surface area contributed by atoms with Gasteiger partial charge in [-0.2, -0.15) is 0 Å². The molecule has 1 aliphatic rings. The number of rotatable bonds is 2. The van der Waals surface area contributed by atoms with Gasteiger partial charge in [0, 0.05) is 18.6 Å². The summed E-state index contributed by atoms with van der Waals surface area (Å²) < 4.78 is 1.64. The van der Waals surface area contributed by atoms with E-state index in [9.17, 15) is 14.4 Å². The minimum Gasteiger partial charge on any atom is -0.324 e. The molecule has 3 aromatic rings. The highest BCUT2D eigenvalue weighted by Crippen LogP contribution is 2.23. The van der Waals surface area contributed by atoms with Crippen LogP contribution < -0.4 is 0 Å². The number of imide groups is 1. The van der Waals surface area contributed by atoms with Gasteiger partial charge in [-0.05, 0) is 24.3 Å². The van der Waals surface area contributed by atoms with Crippen molar-refractivity contribution >= 4 is 23.4 Å². The number of hydrogen-bond donors (Lipinski definition) is 0. The summed E-state index contributed by atoms with van der Waals surface area (Å²) in [7, 11) is 0. The predicted octanol–water partition coefficient (Wildman–Crippen LogP) is 1.70. The van der Waals surface area contributed by atoms with E-state index in [1.807, 2.05) is 0 Å². The third kappa shape index (κ3) is 1.98. The van der Waals surface area contributed by atoms with Crippen molar-refractivity contribution in [2.45, 2.75) is 0 Å². The zero-order valence-corrected chi connectivity index (χ0v) is 11.7. The lowest BCUT2D eigenvalue weighted by Gasteiger charge is -2.12. The number of fused-ring (bicyclic) bond motifs is 2. The minimum absolute atomic E-state index is 0.201. The van der Waals surface area contributed by atoms with Crippen molar-refractivity contribution in [3.8, 4) is 0 Å². The van der Waals surface area contributed by atoms with Crippen molar-refractivity contribution < 1.29 is 19.2 Å². The first-order valence-corrected chi connectivity index (χ1v) is 6.78. The van der Waals surface area contributed by atoms with Crippen LogP contribution in [0.3, 0.4) is 0 Å². The summed E-state index contributed by atoms with van der Waals surface area (Å²) in [4.78, 5) is 45.6. The summed E-state index contributed by atoms with van der Waals surface area (Å²) in [6.45, 7) is 0. The molecule has 3 heterocycles. The van der Waals surface area contributed by atoms with Gasteiger partial charge in [-0.1, -0.05) is 17.2 Å². The molecule has 0 spiro atoms. The molecule has 0 N–H and O–H groups in total. The van der Waals surface area contributed by atoms with Gasteiger partial charge in [0.15, 0.2) is 0 Å². The number of carbonyl (C=O) groups excluding carboxylic acids is 3. The Kier molecular flexibility index (Phi) is 2.74. The van der Waals surface area contributed by atoms with Crippen molar-refractivity contribution in [1.29, 1.82) is 0 Å². The number of hydrogen-bond acceptors (Lipinski definition) is 5. The fraction of sp³-hybridized carbons (Fsp3) is 0. The van der Waals surface area contributed by atoms with Gasteiger partial charge in [0.1, 0.15) is 5.65 Å². The van der Waals surface area contributed by atoms with E-state index >= 15 is 0 Å². The topological polar surface area (TPSA) is 81.0 Å². The highest BCUT2D eigenvalue weighted by Gasteiger charge is 2.38. The number of benzene rings is 1. The molecule has 0 saturated heterocycles. The van der Waals surface area contributed by atoms with E-state index in [0.717, 1.165) is 0 Å². The lowest BCUT2D eigenvalue weighted by Crippen LogP contribution is -2.32. The van der Waals surface area contributed by atoms with Gasteiger partial charge in [-0.3, -0.25) is 9.59 Å². The summed E-state index contributed by atoms with van der Waals surface area (Å²) in [5.41, 5.74) is 1.31. The van der Waals surface area contributed by atoms with Crippen LogP contribution in [0.4, 0.5) is 0 Å². The Hall–Kier alpha value is -3.48. The molecule has 1 aliphatic heterocycles. The molecule has 0 fully saturated rings. The SMILES string of the molecule is O=C(ON1C(=O)c2ccccc2C1=O)c1ccc2nccn2c1. The van der Waals surface area contributed by atoms with Crippen LogP contribution in [0.25, 0.3) is 5.65 Å². The lowest BCUT2D eigenvalue weighted by molar-refractivity contribution is -0.0584. The van der Waals surface area contributed by atoms with Crippen molar-refractivity contribution in [1.82, 2.24) is 14.4 Å². The average molecular weight is 307 g/mol. The second-order valence-electron chi connectivity index (χ2n) is 4.94. The number of nitrogens with zero attached hydrogens (tertiary/aromatic N) is 3. The molecule has 2 amide bonds. The molecule has 7 nitrogen and oxygen atoms in total. The Morgan fingerprint density at radius 1 is 1.00 bits per heavy atom. The second-order valence-corrected chi connectivity index (χ2v) is 4.94. The highest BCUT2D eigenvalue weighted by molar-refractivity contribution is 6.21. The molecule has 0 unspecified atom stereocenters. The standard InChI is InChI=1S/C16H9N3O4/c20-14-11-3-1-2-4-12(11)15(21)19(14)23-16(22)10-5-6-13-17-7-8-18(13)9-10/h1-9H. The maximum atomic E-state index is 12.2. The number of aromatic nitrogens is 2. The maximum absolute atomic E-state index is 12.2. The summed E-state index contributed by atoms with van der Waals surface area (Å²) >= 11 is 0. The first-order valence-electron chi connectivity index (χ1n) is 6.78. The molecule has 0 bridgehead atoms. The van der Waals surface area contributed by atoms with Crippen LogP contribution in [0.5, 0.6) is 0 Å². The van der Waals surface area contributed by atoms with Gasteiger partial charge in [0.25, 0.3) is 11.8 Å². The van der Waals surface area contributed by atoms with Crippen LogP contribution in [0.2, 0.25) is 0 Å². The quantitative estimate of drug-likeness (QED) is 0.673. The molecule has 0 saturated carbocycles. The lowest BCUT2D eigenvalue weighted by atomic mass is 10.1. The largest absolute Gasteiger partial charge is 0.365 e. The smallest absolute Gasteiger partial charge is 0.324 e. The van der Waals surface area contributed by atoms with E-state index in [2.05, 4.69) is 4.98 Å². The molecule has 23 heavy (non-hydrogen) atoms. The predicted molar refractivity (Wildman–Crippen MR) is 77.5 cm³/mol. The molecule has 0 aliphatic carbocycles. The van der Waals surface area contributed by atoms with Gasteiger partial charge in [-0.15, -0.1) is 0 Å². The Balaban J connectivity index is 1.62. The van der Waals surface area contributed by atoms with Crippen molar-refractivity contribution in [3.05, 3.63) is 71.7 Å². The van der Waals surface area contributed by atoms with Crippen LogP contribution in [0.15, 0.2) is 55.0 Å². The summed E-state index contributed by atoms with van der Waals surface area (Å²) in [6, 6.07) is 9.47. The summed E-state index contributed by atoms with van der Waals surface area (Å²) in [5.74, 6) is -2.10. The van der Waals surface area contributed by atoms with Gasteiger partial charge in [-0.25, -0.2) is 9.78 Å². The van der Waals surface area contributed by atoms with Crippen LogP contribution >= 0.6 is 0 Å². The fourth-order valence-electron chi connectivity index (χ4n) is 2.43. The first-order chi connectivity index (χ1) is 11.1. The summed E-state index contributed by atoms with van der Waals surface area (Å²) in [6.07, 6.45) is 4.78. The highest BCUT2D eigenvalue weighted by atomic mass is 16.7. The van der Waals surface area contributed by atoms with E-state index < -0.39 is 17.8 Å². The number of imidazole rings is 1. The molecule has 0 radical (unpaired) electrons. The zero-order chi connectivity index (χ0) is 16.0. The van der Waals surface area contributed by atoms with Gasteiger partial charge in [0.2, 0.25) is 0 Å². The normalized spacial score (nSPS) is 13.5. The van der Waals surface area contributed by atoms with Gasteiger partial charge in [0.05, 0.1) is 16.7 Å². The molecule has 1 aromatic carbocycles. The summed E-state index contributed by atoms with van der Waals surface area (Å²) in [5, 5.41) is 0.491. The maximum Gasteiger partial charge on any atom is 0.365 e. The van der Waals surface area contributed by atoms with Crippen molar-refractivity contribution in [2.75, 3.05) is 0 Å². The van der Waals surface area contributed by atoms with Crippen molar-refractivity contribution in [3.63, 3.8) is 0 Å². The van der Waals surface area contributed by atoms with E-state index in [1.54, 1.807) is 35.0 Å². The molecular weight excluding hydrogens is 298 g/mol. The van der Waals surface area contributed by atoms with Gasteiger partial charge >= 0.3 is 5.97 Å². The van der Waals surface area contributed by atoms with E-state index in [4.69, 9.17) is 4.84 Å². The molecule has 2 aromatic heterocycles. The van der Waals surface area contributed by atoms with Crippen LogP contribution in [-0.2, 0) is 4.84 Å². The number of carbonyl (C=O) groups is 3. The molecule has 0 atom stereocenters. The van der Waals surface area contributed by atoms with E-state index in [0.29, 0.717) is 10.7 Å². The molecule has 4 rings (SSSR count). The fourth-order valence-corrected chi connectivity index (χ4v) is 2.43. The molecule has 7 heteroatoms. The van der Waals surface area contributed by atoms with Crippen molar-refractivity contribution in [2.24, 2.45) is 0 Å². The number of pyridine rings is 1. The van der Waals surface area contributed by atoms with E-state index in [1.165, 1.54) is 24.4 Å². The number of amides is 2. The third-order valence-electron chi connectivity index (χ3n) is 3.56. The van der Waals surface area contributed by atoms with Gasteiger partial charge < -0.3 is 9.24 Å². The first kappa shape index (κ1) is 13.2. The second kappa shape index (κ2) is 4.77. The van der Waals surface area contributed by atoms with Crippen LogP contribution in [0.1, 0.15) is 31.1 Å². The Bertz CT molecular complexity index is 941. The Morgan fingerprint density at radius 3 is 2.39 bits per heavy atom. The molecule has 112 valence electrons. The molecular formula is C16H9N3O4. The monoisotopic (exact) mass is 307 g/mol. The van der Waals surface area contributed by atoms with Crippen LogP contribution in [-0.4, -0.2) is 32.2 Å². The Morgan fingerprint density at radius 2 is 1.70 bits per heavy atom. The van der Waals surface area contributed by atoms with E-state index in [-0.39, 0.29) is 16.7 Å². The Labute approximate surface area is 129 Å².